The lowest BCUT2D eigenvalue weighted by Gasteiger charge is -2.22. The Balaban J connectivity index is 1.59. The van der Waals surface area contributed by atoms with Gasteiger partial charge in [-0.2, -0.15) is 0 Å². The third-order valence-electron chi connectivity index (χ3n) is 6.08. The first-order valence-corrected chi connectivity index (χ1v) is 11.7. The second-order valence-electron chi connectivity index (χ2n) is 8.18. The van der Waals surface area contributed by atoms with Crippen LogP contribution >= 0.6 is 0 Å². The third kappa shape index (κ3) is 3.78. The van der Waals surface area contributed by atoms with Gasteiger partial charge in [-0.15, -0.1) is 0 Å². The number of nitrogen functional groups attached to an aromatic ring is 1. The van der Waals surface area contributed by atoms with Crippen molar-refractivity contribution in [1.82, 2.24) is 15.3 Å². The normalized spacial score (nSPS) is 25.7. The molecule has 2 aliphatic rings. The predicted octanol–water partition coefficient (Wildman–Crippen LogP) is 3.16. The number of nitrogens with zero attached hydrogens (tertiary/aromatic N) is 2. The highest BCUT2D eigenvalue weighted by Crippen LogP contribution is 2.39. The van der Waals surface area contributed by atoms with Gasteiger partial charge in [-0.05, 0) is 50.3 Å². The molecule has 1 saturated carbocycles. The molecule has 28 heavy (non-hydrogen) atoms. The second kappa shape index (κ2) is 7.79. The molecule has 0 amide bonds. The van der Waals surface area contributed by atoms with E-state index in [9.17, 15) is 8.42 Å². The van der Waals surface area contributed by atoms with E-state index in [1.807, 2.05) is 12.1 Å². The molecule has 3 N–H and O–H groups in total. The predicted molar refractivity (Wildman–Crippen MR) is 111 cm³/mol. The Morgan fingerprint density at radius 1 is 1.14 bits per heavy atom. The van der Waals surface area contributed by atoms with Crippen molar-refractivity contribution in [1.29, 1.82) is 0 Å². The molecule has 1 aromatic carbocycles. The maximum atomic E-state index is 12.9. The van der Waals surface area contributed by atoms with Crippen LogP contribution in [0.5, 0.6) is 0 Å². The van der Waals surface area contributed by atoms with E-state index in [2.05, 4.69) is 17.2 Å². The fourth-order valence-corrected chi connectivity index (χ4v) is 6.11. The number of benzene rings is 1. The van der Waals surface area contributed by atoms with Gasteiger partial charge in [0.15, 0.2) is 9.84 Å². The number of anilines is 1. The Morgan fingerprint density at radius 3 is 2.57 bits per heavy atom. The SMILES string of the molecule is CC1CCC(c2nc(-c3ccc(S(=O)(=O)C4CCCNC4)cc3)cnc2N)C1. The molecule has 1 aliphatic carbocycles. The Morgan fingerprint density at radius 2 is 1.93 bits per heavy atom. The van der Waals surface area contributed by atoms with Gasteiger partial charge in [-0.25, -0.2) is 18.4 Å². The van der Waals surface area contributed by atoms with Crippen molar-refractivity contribution in [2.24, 2.45) is 5.92 Å². The maximum Gasteiger partial charge on any atom is 0.182 e. The van der Waals surface area contributed by atoms with E-state index < -0.39 is 9.84 Å². The highest BCUT2D eigenvalue weighted by Gasteiger charge is 2.29. The minimum atomic E-state index is -3.31. The number of nitrogens with one attached hydrogen (secondary N) is 1. The Hall–Kier alpha value is -1.99. The fourth-order valence-electron chi connectivity index (χ4n) is 4.40. The van der Waals surface area contributed by atoms with Crippen LogP contribution in [0.4, 0.5) is 5.82 Å². The van der Waals surface area contributed by atoms with Gasteiger partial charge in [0.1, 0.15) is 5.82 Å². The summed E-state index contributed by atoms with van der Waals surface area (Å²) in [5, 5.41) is 2.83. The van der Waals surface area contributed by atoms with Gasteiger partial charge < -0.3 is 11.1 Å². The smallest absolute Gasteiger partial charge is 0.182 e. The number of piperidine rings is 1. The van der Waals surface area contributed by atoms with Crippen molar-refractivity contribution in [3.63, 3.8) is 0 Å². The molecule has 4 rings (SSSR count). The third-order valence-corrected chi connectivity index (χ3v) is 8.29. The van der Waals surface area contributed by atoms with E-state index in [1.54, 1.807) is 18.3 Å². The summed E-state index contributed by atoms with van der Waals surface area (Å²) in [5.41, 5.74) is 8.58. The summed E-state index contributed by atoms with van der Waals surface area (Å²) in [6, 6.07) is 7.03. The molecular weight excluding hydrogens is 372 g/mol. The number of nitrogens with two attached hydrogens (primary N) is 1. The molecule has 3 unspecified atom stereocenters. The highest BCUT2D eigenvalue weighted by atomic mass is 32.2. The average Bonchev–Trinajstić information content (AvgIpc) is 3.15. The largest absolute Gasteiger partial charge is 0.382 e. The van der Waals surface area contributed by atoms with Crippen molar-refractivity contribution in [3.05, 3.63) is 36.2 Å². The summed E-state index contributed by atoms with van der Waals surface area (Å²) in [7, 11) is -3.31. The highest BCUT2D eigenvalue weighted by molar-refractivity contribution is 7.92. The zero-order valence-electron chi connectivity index (χ0n) is 16.3. The summed E-state index contributed by atoms with van der Waals surface area (Å²) in [4.78, 5) is 9.53. The van der Waals surface area contributed by atoms with Crippen molar-refractivity contribution in [3.8, 4) is 11.3 Å². The number of rotatable bonds is 4. The fraction of sp³-hybridized carbons (Fsp3) is 0.524. The van der Waals surface area contributed by atoms with Gasteiger partial charge in [0, 0.05) is 18.0 Å². The van der Waals surface area contributed by atoms with Crippen molar-refractivity contribution >= 4 is 15.7 Å². The minimum Gasteiger partial charge on any atom is -0.382 e. The Labute approximate surface area is 166 Å². The van der Waals surface area contributed by atoms with Crippen LogP contribution in [0.15, 0.2) is 35.4 Å². The second-order valence-corrected chi connectivity index (χ2v) is 10.4. The van der Waals surface area contributed by atoms with Crippen molar-refractivity contribution in [2.75, 3.05) is 18.8 Å². The molecule has 2 heterocycles. The van der Waals surface area contributed by atoms with E-state index in [1.165, 1.54) is 6.42 Å². The molecule has 1 aliphatic heterocycles. The number of hydrogen-bond donors (Lipinski definition) is 2. The van der Waals surface area contributed by atoms with E-state index in [4.69, 9.17) is 10.7 Å². The minimum absolute atomic E-state index is 0.348. The monoisotopic (exact) mass is 400 g/mol. The zero-order chi connectivity index (χ0) is 19.7. The van der Waals surface area contributed by atoms with Crippen LogP contribution in [0, 0.1) is 5.92 Å². The summed E-state index contributed by atoms with van der Waals surface area (Å²) >= 11 is 0. The number of aromatic nitrogens is 2. The van der Waals surface area contributed by atoms with Crippen LogP contribution < -0.4 is 11.1 Å². The van der Waals surface area contributed by atoms with Crippen LogP contribution in [0.1, 0.15) is 50.6 Å². The maximum absolute atomic E-state index is 12.9. The Kier molecular flexibility index (Phi) is 5.38. The summed E-state index contributed by atoms with van der Waals surface area (Å²) in [6.07, 6.45) is 6.66. The molecule has 6 nitrogen and oxygen atoms in total. The number of sulfone groups is 1. The molecule has 1 aromatic heterocycles. The van der Waals surface area contributed by atoms with Crippen LogP contribution in [0.2, 0.25) is 0 Å². The average molecular weight is 401 g/mol. The first kappa shape index (κ1) is 19.3. The first-order chi connectivity index (χ1) is 13.4. The molecule has 7 heteroatoms. The lowest BCUT2D eigenvalue weighted by molar-refractivity contribution is 0.497. The van der Waals surface area contributed by atoms with E-state index in [0.29, 0.717) is 35.5 Å². The summed E-state index contributed by atoms with van der Waals surface area (Å²) in [5.74, 6) is 1.56. The van der Waals surface area contributed by atoms with Gasteiger partial charge in [0.2, 0.25) is 0 Å². The van der Waals surface area contributed by atoms with Gasteiger partial charge in [0.05, 0.1) is 27.7 Å². The molecule has 150 valence electrons. The molecular formula is C21H28N4O2S. The van der Waals surface area contributed by atoms with Gasteiger partial charge in [0.25, 0.3) is 0 Å². The quantitative estimate of drug-likeness (QED) is 0.818. The molecule has 1 saturated heterocycles. The molecule has 3 atom stereocenters. The van der Waals surface area contributed by atoms with Crippen molar-refractivity contribution < 1.29 is 8.42 Å². The molecule has 0 spiro atoms. The topological polar surface area (TPSA) is 98.0 Å². The van der Waals surface area contributed by atoms with E-state index in [-0.39, 0.29) is 5.25 Å². The molecule has 0 bridgehead atoms. The lowest BCUT2D eigenvalue weighted by atomic mass is 10.0. The van der Waals surface area contributed by atoms with Crippen LogP contribution in [-0.4, -0.2) is 36.7 Å². The van der Waals surface area contributed by atoms with Crippen molar-refractivity contribution in [2.45, 2.75) is 55.1 Å². The summed E-state index contributed by atoms with van der Waals surface area (Å²) < 4.78 is 25.7. The van der Waals surface area contributed by atoms with Crippen LogP contribution in [-0.2, 0) is 9.84 Å². The van der Waals surface area contributed by atoms with Gasteiger partial charge >= 0.3 is 0 Å². The van der Waals surface area contributed by atoms with Gasteiger partial charge in [-0.1, -0.05) is 25.5 Å². The van der Waals surface area contributed by atoms with Crippen LogP contribution in [0.3, 0.4) is 0 Å². The first-order valence-electron chi connectivity index (χ1n) is 10.1. The zero-order valence-corrected chi connectivity index (χ0v) is 17.1. The van der Waals surface area contributed by atoms with Crippen LogP contribution in [0.25, 0.3) is 11.3 Å². The Bertz CT molecular complexity index is 937. The molecule has 2 aromatic rings. The van der Waals surface area contributed by atoms with E-state index in [0.717, 1.165) is 42.8 Å². The van der Waals surface area contributed by atoms with Gasteiger partial charge in [-0.3, -0.25) is 0 Å². The lowest BCUT2D eigenvalue weighted by Crippen LogP contribution is -2.38. The van der Waals surface area contributed by atoms with E-state index >= 15 is 0 Å². The summed E-state index contributed by atoms with van der Waals surface area (Å²) in [6.45, 7) is 3.67. The standard InChI is InChI=1S/C21H28N4O2S/c1-14-4-5-16(11-14)20-21(22)24-13-19(25-20)15-6-8-17(9-7-15)28(26,27)18-3-2-10-23-12-18/h6-9,13-14,16,18,23H,2-5,10-12H2,1H3,(H2,22,24). The molecule has 2 fully saturated rings. The molecule has 0 radical (unpaired) electrons. The number of hydrogen-bond acceptors (Lipinski definition) is 6.